The fraction of sp³-hybridized carbons (Fsp3) is 0.263. The van der Waals surface area contributed by atoms with Crippen molar-refractivity contribution in [3.8, 4) is 6.07 Å². The van der Waals surface area contributed by atoms with Crippen LogP contribution in [0.4, 0.5) is 0 Å². The third-order valence-electron chi connectivity index (χ3n) is 4.27. The van der Waals surface area contributed by atoms with E-state index in [0.717, 1.165) is 5.56 Å². The van der Waals surface area contributed by atoms with Gasteiger partial charge in [0.05, 0.1) is 16.5 Å². The van der Waals surface area contributed by atoms with E-state index in [1.54, 1.807) is 0 Å². The zero-order valence-corrected chi connectivity index (χ0v) is 14.9. The molecule has 0 aliphatic carbocycles. The molecule has 0 bridgehead atoms. The van der Waals surface area contributed by atoms with E-state index in [4.69, 9.17) is 10.00 Å². The number of hydrogen-bond donors (Lipinski definition) is 0. The molecule has 0 N–H and O–H groups in total. The van der Waals surface area contributed by atoms with Crippen LogP contribution in [0.1, 0.15) is 24.0 Å². The average molecular weight is 370 g/mol. The molecular weight excluding hydrogens is 352 g/mol. The highest BCUT2D eigenvalue weighted by Crippen LogP contribution is 2.27. The van der Waals surface area contributed by atoms with Crippen LogP contribution < -0.4 is 0 Å². The molecule has 0 spiro atoms. The zero-order valence-electron chi connectivity index (χ0n) is 14.0. The number of esters is 1. The van der Waals surface area contributed by atoms with Crippen LogP contribution >= 0.6 is 0 Å². The Hall–Kier alpha value is -2.69. The van der Waals surface area contributed by atoms with E-state index in [2.05, 4.69) is 0 Å². The Balaban J connectivity index is 1.76. The van der Waals surface area contributed by atoms with Crippen molar-refractivity contribution in [1.29, 1.82) is 5.26 Å². The third kappa shape index (κ3) is 3.77. The predicted octanol–water partition coefficient (Wildman–Crippen LogP) is 2.45. The van der Waals surface area contributed by atoms with Crippen LogP contribution in [0.2, 0.25) is 0 Å². The maximum Gasteiger partial charge on any atom is 0.324 e. The topological polar surface area (TPSA) is 87.5 Å². The summed E-state index contributed by atoms with van der Waals surface area (Å²) in [5.74, 6) is -0.550. The number of nitrogens with zero attached hydrogens (tertiary/aromatic N) is 2. The van der Waals surface area contributed by atoms with Gasteiger partial charge in [0.1, 0.15) is 12.6 Å². The fourth-order valence-electron chi connectivity index (χ4n) is 2.95. The van der Waals surface area contributed by atoms with Crippen molar-refractivity contribution in [1.82, 2.24) is 4.31 Å². The molecule has 0 aromatic heterocycles. The summed E-state index contributed by atoms with van der Waals surface area (Å²) >= 11 is 0. The molecule has 134 valence electrons. The minimum absolute atomic E-state index is 0.0132. The van der Waals surface area contributed by atoms with E-state index < -0.39 is 22.0 Å². The molecule has 7 heteroatoms. The Morgan fingerprint density at radius 1 is 1.19 bits per heavy atom. The maximum atomic E-state index is 12.9. The summed E-state index contributed by atoms with van der Waals surface area (Å²) in [7, 11) is -3.87. The Morgan fingerprint density at radius 3 is 2.69 bits per heavy atom. The number of ether oxygens (including phenoxy) is 1. The molecule has 1 aliphatic heterocycles. The SMILES string of the molecule is N#Cc1cccc(S(=O)(=O)N2CCCC2C(=O)OCc2ccccc2)c1. The van der Waals surface area contributed by atoms with Gasteiger partial charge in [-0.15, -0.1) is 0 Å². The molecule has 0 radical (unpaired) electrons. The number of rotatable bonds is 5. The molecule has 6 nitrogen and oxygen atoms in total. The molecule has 1 saturated heterocycles. The van der Waals surface area contributed by atoms with Crippen molar-refractivity contribution >= 4 is 16.0 Å². The van der Waals surface area contributed by atoms with Crippen molar-refractivity contribution in [2.24, 2.45) is 0 Å². The van der Waals surface area contributed by atoms with E-state index in [0.29, 0.717) is 12.8 Å². The summed E-state index contributed by atoms with van der Waals surface area (Å²) in [6, 6.07) is 16.1. The van der Waals surface area contributed by atoms with Crippen molar-refractivity contribution < 1.29 is 17.9 Å². The van der Waals surface area contributed by atoms with E-state index in [-0.39, 0.29) is 23.6 Å². The van der Waals surface area contributed by atoms with Gasteiger partial charge in [-0.2, -0.15) is 9.57 Å². The Kier molecular flexibility index (Phi) is 5.35. The van der Waals surface area contributed by atoms with Gasteiger partial charge in [0.25, 0.3) is 0 Å². The average Bonchev–Trinajstić information content (AvgIpc) is 3.18. The van der Waals surface area contributed by atoms with E-state index in [1.807, 2.05) is 36.4 Å². The van der Waals surface area contributed by atoms with Gasteiger partial charge in [-0.05, 0) is 36.6 Å². The second-order valence-electron chi connectivity index (χ2n) is 6.01. The molecule has 1 unspecified atom stereocenters. The van der Waals surface area contributed by atoms with Crippen LogP contribution in [0.25, 0.3) is 0 Å². The van der Waals surface area contributed by atoms with Gasteiger partial charge in [-0.3, -0.25) is 4.79 Å². The monoisotopic (exact) mass is 370 g/mol. The number of carbonyl (C=O) groups is 1. The van der Waals surface area contributed by atoms with Gasteiger partial charge in [0.15, 0.2) is 0 Å². The molecule has 2 aromatic rings. The fourth-order valence-corrected chi connectivity index (χ4v) is 4.64. The molecule has 1 heterocycles. The maximum absolute atomic E-state index is 12.9. The van der Waals surface area contributed by atoms with Gasteiger partial charge < -0.3 is 4.74 Å². The van der Waals surface area contributed by atoms with Crippen LogP contribution in [0.15, 0.2) is 59.5 Å². The lowest BCUT2D eigenvalue weighted by Crippen LogP contribution is -2.41. The van der Waals surface area contributed by atoms with Crippen molar-refractivity contribution in [3.63, 3.8) is 0 Å². The predicted molar refractivity (Wildman–Crippen MR) is 94.3 cm³/mol. The molecule has 0 amide bonds. The summed E-state index contributed by atoms with van der Waals surface area (Å²) in [4.78, 5) is 12.5. The van der Waals surface area contributed by atoms with E-state index >= 15 is 0 Å². The van der Waals surface area contributed by atoms with Crippen molar-refractivity contribution in [3.05, 3.63) is 65.7 Å². The molecule has 1 aliphatic rings. The van der Waals surface area contributed by atoms with Crippen LogP contribution in [0.5, 0.6) is 0 Å². The summed E-state index contributed by atoms with van der Waals surface area (Å²) in [6.45, 7) is 0.359. The van der Waals surface area contributed by atoms with E-state index in [1.165, 1.54) is 28.6 Å². The van der Waals surface area contributed by atoms with Crippen LogP contribution in [0, 0.1) is 11.3 Å². The second kappa shape index (κ2) is 7.68. The normalized spacial score (nSPS) is 17.6. The highest BCUT2D eigenvalue weighted by molar-refractivity contribution is 7.89. The van der Waals surface area contributed by atoms with Gasteiger partial charge in [0.2, 0.25) is 10.0 Å². The molecule has 3 rings (SSSR count). The summed E-state index contributed by atoms with van der Waals surface area (Å²) in [6.07, 6.45) is 1.01. The molecule has 1 fully saturated rings. The summed E-state index contributed by atoms with van der Waals surface area (Å²) in [5, 5.41) is 8.98. The highest BCUT2D eigenvalue weighted by atomic mass is 32.2. The lowest BCUT2D eigenvalue weighted by atomic mass is 10.2. The van der Waals surface area contributed by atoms with Gasteiger partial charge >= 0.3 is 5.97 Å². The number of benzene rings is 2. The minimum Gasteiger partial charge on any atom is -0.460 e. The first-order valence-corrected chi connectivity index (χ1v) is 9.69. The molecule has 26 heavy (non-hydrogen) atoms. The van der Waals surface area contributed by atoms with Gasteiger partial charge in [-0.1, -0.05) is 36.4 Å². The first-order valence-electron chi connectivity index (χ1n) is 8.25. The quantitative estimate of drug-likeness (QED) is 0.755. The smallest absolute Gasteiger partial charge is 0.324 e. The first-order chi connectivity index (χ1) is 12.5. The van der Waals surface area contributed by atoms with Crippen LogP contribution in [0.3, 0.4) is 0 Å². The molecule has 1 atom stereocenters. The molecule has 0 saturated carbocycles. The Labute approximate surface area is 152 Å². The second-order valence-corrected chi connectivity index (χ2v) is 7.90. The minimum atomic E-state index is -3.87. The lowest BCUT2D eigenvalue weighted by molar-refractivity contribution is -0.148. The molecular formula is C19H18N2O4S. The number of nitriles is 1. The van der Waals surface area contributed by atoms with Gasteiger partial charge in [-0.25, -0.2) is 8.42 Å². The van der Waals surface area contributed by atoms with Crippen molar-refractivity contribution in [2.45, 2.75) is 30.4 Å². The van der Waals surface area contributed by atoms with Crippen LogP contribution in [-0.4, -0.2) is 31.3 Å². The zero-order chi connectivity index (χ0) is 18.6. The number of sulfonamides is 1. The standard InChI is InChI=1S/C19H18N2O4S/c20-13-16-8-4-9-17(12-16)26(23,24)21-11-5-10-18(21)19(22)25-14-15-6-2-1-3-7-15/h1-4,6-9,12,18H,5,10-11,14H2. The number of hydrogen-bond acceptors (Lipinski definition) is 5. The lowest BCUT2D eigenvalue weighted by Gasteiger charge is -2.22. The first kappa shape index (κ1) is 18.1. The molecule has 2 aromatic carbocycles. The Bertz CT molecular complexity index is 936. The largest absolute Gasteiger partial charge is 0.460 e. The van der Waals surface area contributed by atoms with E-state index in [9.17, 15) is 13.2 Å². The summed E-state index contributed by atoms with van der Waals surface area (Å²) < 4.78 is 32.3. The van der Waals surface area contributed by atoms with Crippen molar-refractivity contribution in [2.75, 3.05) is 6.54 Å². The Morgan fingerprint density at radius 2 is 1.96 bits per heavy atom. The van der Waals surface area contributed by atoms with Gasteiger partial charge in [0, 0.05) is 6.54 Å². The van der Waals surface area contributed by atoms with Crippen LogP contribution in [-0.2, 0) is 26.2 Å². The third-order valence-corrected chi connectivity index (χ3v) is 6.17. The number of carbonyl (C=O) groups excluding carboxylic acids is 1. The summed E-state index contributed by atoms with van der Waals surface area (Å²) in [5.41, 5.74) is 1.10. The highest BCUT2D eigenvalue weighted by Gasteiger charge is 2.40.